The van der Waals surface area contributed by atoms with E-state index in [4.69, 9.17) is 5.26 Å². The minimum absolute atomic E-state index is 0.0521. The summed E-state index contributed by atoms with van der Waals surface area (Å²) in [5.74, 6) is 0.0830. The number of carbonyl (C=O) groups excluding carboxylic acids is 1. The van der Waals surface area contributed by atoms with Gasteiger partial charge in [-0.3, -0.25) is 9.69 Å². The van der Waals surface area contributed by atoms with Crippen molar-refractivity contribution in [2.75, 3.05) is 13.1 Å². The van der Waals surface area contributed by atoms with Crippen LogP contribution in [0.5, 0.6) is 0 Å². The second-order valence-corrected chi connectivity index (χ2v) is 4.45. The van der Waals surface area contributed by atoms with Crippen molar-refractivity contribution in [3.05, 3.63) is 0 Å². The van der Waals surface area contributed by atoms with Crippen LogP contribution in [0.2, 0.25) is 0 Å². The standard InChI is InChI=1S/C11H17N3O/c12-7-10-3-1-2-6-14(10)8-11(15)13-9-4-5-9/h9-10H,1-6,8H2,(H,13,15). The summed E-state index contributed by atoms with van der Waals surface area (Å²) in [6.45, 7) is 1.28. The van der Waals surface area contributed by atoms with Gasteiger partial charge in [-0.2, -0.15) is 5.26 Å². The Bertz CT molecular complexity index is 280. The van der Waals surface area contributed by atoms with Gasteiger partial charge in [0.15, 0.2) is 0 Å². The lowest BCUT2D eigenvalue weighted by Crippen LogP contribution is -2.45. The van der Waals surface area contributed by atoms with Gasteiger partial charge in [0.25, 0.3) is 0 Å². The van der Waals surface area contributed by atoms with Crippen molar-refractivity contribution in [3.63, 3.8) is 0 Å². The molecule has 2 fully saturated rings. The monoisotopic (exact) mass is 207 g/mol. The number of nitrogens with zero attached hydrogens (tertiary/aromatic N) is 2. The van der Waals surface area contributed by atoms with Gasteiger partial charge in [-0.15, -0.1) is 0 Å². The maximum Gasteiger partial charge on any atom is 0.234 e. The number of nitrogens with one attached hydrogen (secondary N) is 1. The van der Waals surface area contributed by atoms with Gasteiger partial charge in [0.1, 0.15) is 0 Å². The molecule has 1 aliphatic carbocycles. The van der Waals surface area contributed by atoms with E-state index in [-0.39, 0.29) is 11.9 Å². The normalized spacial score (nSPS) is 27.0. The van der Waals surface area contributed by atoms with Crippen LogP contribution in [0, 0.1) is 11.3 Å². The second-order valence-electron chi connectivity index (χ2n) is 4.45. The highest BCUT2D eigenvalue weighted by Crippen LogP contribution is 2.19. The van der Waals surface area contributed by atoms with E-state index in [1.54, 1.807) is 0 Å². The smallest absolute Gasteiger partial charge is 0.234 e. The van der Waals surface area contributed by atoms with Crippen LogP contribution in [-0.2, 0) is 4.79 Å². The van der Waals surface area contributed by atoms with Gasteiger partial charge in [-0.05, 0) is 38.6 Å². The molecule has 15 heavy (non-hydrogen) atoms. The lowest BCUT2D eigenvalue weighted by Gasteiger charge is -2.30. The minimum Gasteiger partial charge on any atom is -0.352 e. The Balaban J connectivity index is 1.80. The third kappa shape index (κ3) is 2.93. The fraction of sp³-hybridized carbons (Fsp3) is 0.818. The van der Waals surface area contributed by atoms with Crippen LogP contribution in [0.15, 0.2) is 0 Å². The number of carbonyl (C=O) groups is 1. The van der Waals surface area contributed by atoms with Gasteiger partial charge in [-0.25, -0.2) is 0 Å². The van der Waals surface area contributed by atoms with E-state index in [0.717, 1.165) is 38.6 Å². The first kappa shape index (κ1) is 10.4. The second kappa shape index (κ2) is 4.63. The van der Waals surface area contributed by atoms with Crippen molar-refractivity contribution < 1.29 is 4.79 Å². The van der Waals surface area contributed by atoms with Crippen LogP contribution in [0.1, 0.15) is 32.1 Å². The Morgan fingerprint density at radius 1 is 1.40 bits per heavy atom. The molecular weight excluding hydrogens is 190 g/mol. The highest BCUT2D eigenvalue weighted by Gasteiger charge is 2.27. The summed E-state index contributed by atoms with van der Waals surface area (Å²) >= 11 is 0. The molecular formula is C11H17N3O. The summed E-state index contributed by atoms with van der Waals surface area (Å²) < 4.78 is 0. The number of amides is 1. The first-order chi connectivity index (χ1) is 7.29. The van der Waals surface area contributed by atoms with Crippen molar-refractivity contribution in [1.29, 1.82) is 5.26 Å². The topological polar surface area (TPSA) is 56.1 Å². The number of hydrogen-bond donors (Lipinski definition) is 1. The predicted molar refractivity (Wildman–Crippen MR) is 56.0 cm³/mol. The highest BCUT2D eigenvalue weighted by molar-refractivity contribution is 5.78. The molecule has 2 rings (SSSR count). The van der Waals surface area contributed by atoms with Crippen LogP contribution in [-0.4, -0.2) is 36.0 Å². The molecule has 1 atom stereocenters. The number of rotatable bonds is 3. The van der Waals surface area contributed by atoms with Gasteiger partial charge in [0, 0.05) is 6.04 Å². The minimum atomic E-state index is -0.0521. The molecule has 1 unspecified atom stereocenters. The van der Waals surface area contributed by atoms with Crippen molar-refractivity contribution in [1.82, 2.24) is 10.2 Å². The summed E-state index contributed by atoms with van der Waals surface area (Å²) in [7, 11) is 0. The highest BCUT2D eigenvalue weighted by atomic mass is 16.2. The molecule has 2 aliphatic rings. The van der Waals surface area contributed by atoms with Crippen molar-refractivity contribution >= 4 is 5.91 Å². The van der Waals surface area contributed by atoms with E-state index >= 15 is 0 Å². The van der Waals surface area contributed by atoms with E-state index in [0.29, 0.717) is 12.6 Å². The molecule has 82 valence electrons. The lowest BCUT2D eigenvalue weighted by atomic mass is 10.0. The summed E-state index contributed by atoms with van der Waals surface area (Å²) in [5, 5.41) is 11.9. The number of piperidine rings is 1. The first-order valence-electron chi connectivity index (χ1n) is 5.72. The quantitative estimate of drug-likeness (QED) is 0.739. The molecule has 1 saturated carbocycles. The molecule has 0 aromatic heterocycles. The van der Waals surface area contributed by atoms with Crippen LogP contribution in [0.25, 0.3) is 0 Å². The number of nitriles is 1. The predicted octanol–water partition coefficient (Wildman–Crippen LogP) is 0.643. The van der Waals surface area contributed by atoms with Crippen LogP contribution >= 0.6 is 0 Å². The molecule has 1 saturated heterocycles. The molecule has 1 amide bonds. The number of hydrogen-bond acceptors (Lipinski definition) is 3. The van der Waals surface area contributed by atoms with Gasteiger partial charge >= 0.3 is 0 Å². The Labute approximate surface area is 90.2 Å². The van der Waals surface area contributed by atoms with Crippen LogP contribution < -0.4 is 5.32 Å². The molecule has 0 spiro atoms. The summed E-state index contributed by atoms with van der Waals surface area (Å²) in [6, 6.07) is 2.64. The summed E-state index contributed by atoms with van der Waals surface area (Å²) in [4.78, 5) is 13.6. The van der Waals surface area contributed by atoms with E-state index in [1.165, 1.54) is 0 Å². The number of likely N-dealkylation sites (tertiary alicyclic amines) is 1. The first-order valence-corrected chi connectivity index (χ1v) is 5.72. The average Bonchev–Trinajstić information content (AvgIpc) is 3.02. The molecule has 0 aromatic rings. The largest absolute Gasteiger partial charge is 0.352 e. The molecule has 0 bridgehead atoms. The van der Waals surface area contributed by atoms with E-state index in [9.17, 15) is 4.79 Å². The van der Waals surface area contributed by atoms with E-state index in [2.05, 4.69) is 11.4 Å². The Morgan fingerprint density at radius 2 is 2.20 bits per heavy atom. The molecule has 1 heterocycles. The maximum atomic E-state index is 11.6. The molecule has 0 radical (unpaired) electrons. The SMILES string of the molecule is N#CC1CCCCN1CC(=O)NC1CC1. The molecule has 4 nitrogen and oxygen atoms in total. The fourth-order valence-corrected chi connectivity index (χ4v) is 2.01. The van der Waals surface area contributed by atoms with Gasteiger partial charge in [-0.1, -0.05) is 0 Å². The maximum absolute atomic E-state index is 11.6. The van der Waals surface area contributed by atoms with Gasteiger partial charge in [0.05, 0.1) is 18.7 Å². The molecule has 1 N–H and O–H groups in total. The van der Waals surface area contributed by atoms with Crippen LogP contribution in [0.3, 0.4) is 0 Å². The third-order valence-corrected chi connectivity index (χ3v) is 3.05. The lowest BCUT2D eigenvalue weighted by molar-refractivity contribution is -0.123. The van der Waals surface area contributed by atoms with Gasteiger partial charge < -0.3 is 5.32 Å². The van der Waals surface area contributed by atoms with Gasteiger partial charge in [0.2, 0.25) is 5.91 Å². The fourth-order valence-electron chi connectivity index (χ4n) is 2.01. The molecule has 0 aromatic carbocycles. The van der Waals surface area contributed by atoms with E-state index < -0.39 is 0 Å². The van der Waals surface area contributed by atoms with Crippen molar-refractivity contribution in [2.45, 2.75) is 44.2 Å². The van der Waals surface area contributed by atoms with Crippen molar-refractivity contribution in [2.24, 2.45) is 0 Å². The average molecular weight is 207 g/mol. The Hall–Kier alpha value is -1.08. The third-order valence-electron chi connectivity index (χ3n) is 3.05. The van der Waals surface area contributed by atoms with E-state index in [1.807, 2.05) is 4.90 Å². The molecule has 1 aliphatic heterocycles. The summed E-state index contributed by atoms with van der Waals surface area (Å²) in [5.41, 5.74) is 0. The van der Waals surface area contributed by atoms with Crippen LogP contribution in [0.4, 0.5) is 0 Å². The molecule has 4 heteroatoms. The zero-order valence-electron chi connectivity index (χ0n) is 8.91. The zero-order valence-corrected chi connectivity index (χ0v) is 8.91. The Morgan fingerprint density at radius 3 is 2.87 bits per heavy atom. The van der Waals surface area contributed by atoms with Crippen molar-refractivity contribution in [3.8, 4) is 6.07 Å². The summed E-state index contributed by atoms with van der Waals surface area (Å²) in [6.07, 6.45) is 5.36. The zero-order chi connectivity index (χ0) is 10.7. The Kier molecular flexibility index (Phi) is 3.22.